The van der Waals surface area contributed by atoms with E-state index in [4.69, 9.17) is 36.4 Å². The molecule has 0 aliphatic carbocycles. The van der Waals surface area contributed by atoms with Crippen molar-refractivity contribution in [3.8, 4) is 6.07 Å². The Kier molecular flexibility index (Phi) is 15.7. The number of hydrogen-bond acceptors (Lipinski definition) is 18. The van der Waals surface area contributed by atoms with E-state index in [0.29, 0.717) is 11.1 Å². The number of carbonyl (C=O) groups excluding carboxylic acids is 1. The summed E-state index contributed by atoms with van der Waals surface area (Å²) in [5.74, 6) is -0.371. The summed E-state index contributed by atoms with van der Waals surface area (Å²) in [6.07, 6.45) is -2.56. The van der Waals surface area contributed by atoms with Gasteiger partial charge in [0.15, 0.2) is 57.2 Å². The van der Waals surface area contributed by atoms with Crippen molar-refractivity contribution in [1.29, 1.82) is 5.26 Å². The van der Waals surface area contributed by atoms with Gasteiger partial charge in [-0.15, -0.1) is 9.42 Å². The van der Waals surface area contributed by atoms with E-state index in [-0.39, 0.29) is 35.5 Å². The largest absolute Gasteiger partial charge is 0.695 e. The third kappa shape index (κ3) is 10.8. The molecule has 5 unspecified atom stereocenters. The first kappa shape index (κ1) is 53.3. The topological polar surface area (TPSA) is 296 Å². The Morgan fingerprint density at radius 2 is 1.70 bits per heavy atom. The number of hydrogen-bond donors (Lipinski definition) is 4. The Morgan fingerprint density at radius 3 is 2.36 bits per heavy atom. The van der Waals surface area contributed by atoms with Gasteiger partial charge in [-0.05, 0) is 54.5 Å². The second kappa shape index (κ2) is 20.6. The van der Waals surface area contributed by atoms with Crippen LogP contribution in [0.4, 0.5) is 5.82 Å². The number of anilines is 1. The number of rotatable bonds is 19. The van der Waals surface area contributed by atoms with Crippen molar-refractivity contribution in [1.82, 2.24) is 34.1 Å². The predicted octanol–water partition coefficient (Wildman–Crippen LogP) is 6.65. The second-order valence-electron chi connectivity index (χ2n) is 20.0. The summed E-state index contributed by atoms with van der Waals surface area (Å²) < 4.78 is 82.4. The van der Waals surface area contributed by atoms with Gasteiger partial charge in [-0.3, -0.25) is 27.7 Å². The van der Waals surface area contributed by atoms with E-state index < -0.39 is 117 Å². The summed E-state index contributed by atoms with van der Waals surface area (Å²) in [6, 6.07) is 12.1. The summed E-state index contributed by atoms with van der Waals surface area (Å²) in [4.78, 5) is 56.7. The van der Waals surface area contributed by atoms with Gasteiger partial charge in [0.2, 0.25) is 0 Å². The molecule has 4 N–H and O–H groups in total. The van der Waals surface area contributed by atoms with Crippen molar-refractivity contribution >= 4 is 66.6 Å². The molecule has 0 bridgehead atoms. The van der Waals surface area contributed by atoms with Crippen LogP contribution in [-0.4, -0.2) is 124 Å². The summed E-state index contributed by atoms with van der Waals surface area (Å²) in [6.45, 7) is 17.9. The van der Waals surface area contributed by atoms with Crippen molar-refractivity contribution < 1.29 is 60.3 Å². The van der Waals surface area contributed by atoms with Gasteiger partial charge in [0.25, 0.3) is 11.5 Å². The van der Waals surface area contributed by atoms with E-state index in [1.54, 1.807) is 36.4 Å². The highest BCUT2D eigenvalue weighted by molar-refractivity contribution is 7.48. The highest BCUT2D eigenvalue weighted by Crippen LogP contribution is 2.57. The number of fused-ring (bicyclic) bond motifs is 2. The lowest BCUT2D eigenvalue weighted by molar-refractivity contribution is -0.103. The highest BCUT2D eigenvalue weighted by Gasteiger charge is 2.61. The van der Waals surface area contributed by atoms with Gasteiger partial charge in [-0.1, -0.05) is 59.7 Å². The SMILES string of the molecule is CC(C)(C)[Si](C)(C)OC1C(COP(=O)(OCCC#N)O[C@@H]2C(CO)OC[C@@]2(O[Si](C)(C)C(C)(C)C)n2cnc3c(NC(=O)c4ccccc4)ncnc32)O[C@@H](n2cnc3c(=O)[nH]ccc32)[C@@H]1O[P+](=O)O. The number of nitrogens with one attached hydrogen (secondary N) is 2. The van der Waals surface area contributed by atoms with E-state index in [1.807, 2.05) is 73.8 Å². The van der Waals surface area contributed by atoms with E-state index in [9.17, 15) is 29.4 Å². The standard InChI is InChI=1S/C43H59N9O14P2Si2/c1-41(2,3)69(7,8)65-33-30(62-40(34(33)63-67(56)57)51-25-48-31-28(51)17-19-45-39(31)55)22-61-68(58,60-20-14-18-44)64-35-29(21-53)59-23-43(35,66-70(9,10)42(4,5)6)52-26-49-32-36(46-24-47-37(32)52)50-38(54)27-15-12-11-13-16-27/h11-13,15-17,19,24-26,29-30,33-35,40,53H,14,20-23H2,1-10H3,(H2-,45,46,47,50,54,55,56,57)/p+1/t29?,30?,33?,34-,35-,40-,43+,68?/m1/s1. The molecule has 7 rings (SSSR count). The zero-order valence-corrected chi connectivity index (χ0v) is 44.4. The molecular formula is C43H60N9O14P2Si2+. The number of benzene rings is 1. The molecule has 5 aromatic rings. The van der Waals surface area contributed by atoms with Gasteiger partial charge >= 0.3 is 16.1 Å². The Bertz CT molecular complexity index is 2850. The number of ether oxygens (including phenoxy) is 2. The number of H-pyrrole nitrogens is 1. The van der Waals surface area contributed by atoms with E-state index in [0.717, 1.165) is 0 Å². The van der Waals surface area contributed by atoms with Crippen LogP contribution in [0.2, 0.25) is 36.3 Å². The first-order valence-electron chi connectivity index (χ1n) is 22.5. The van der Waals surface area contributed by atoms with Gasteiger partial charge in [-0.2, -0.15) is 5.26 Å². The van der Waals surface area contributed by atoms with Crippen molar-refractivity contribution in [2.75, 3.05) is 31.7 Å². The number of phosphoric acid groups is 1. The fraction of sp³-hybridized carbons (Fsp3) is 0.558. The quantitative estimate of drug-likeness (QED) is 0.0382. The summed E-state index contributed by atoms with van der Waals surface area (Å²) >= 11 is 0. The maximum atomic E-state index is 15.5. The number of aromatic amines is 1. The van der Waals surface area contributed by atoms with Crippen LogP contribution in [0.3, 0.4) is 0 Å². The molecule has 2 saturated heterocycles. The first-order chi connectivity index (χ1) is 32.8. The molecule has 1 amide bonds. The third-order valence-electron chi connectivity index (χ3n) is 13.3. The number of pyridine rings is 1. The van der Waals surface area contributed by atoms with Crippen LogP contribution in [0.1, 0.15) is 64.5 Å². The lowest BCUT2D eigenvalue weighted by Gasteiger charge is -2.46. The number of aliphatic hydroxyl groups excluding tert-OH is 1. The molecule has 2 aliphatic rings. The average Bonchev–Trinajstić information content (AvgIpc) is 4.07. The Morgan fingerprint density at radius 1 is 1.00 bits per heavy atom. The molecule has 27 heteroatoms. The minimum absolute atomic E-state index is 0.0644. The number of aliphatic hydroxyl groups is 1. The molecular weight excluding hydrogens is 985 g/mol. The molecule has 0 spiro atoms. The molecule has 9 atom stereocenters. The number of nitrogens with zero attached hydrogens (tertiary/aromatic N) is 7. The molecule has 4 aromatic heterocycles. The molecule has 378 valence electrons. The second-order valence-corrected chi connectivity index (χ2v) is 31.8. The molecule has 2 fully saturated rings. The molecule has 0 saturated carbocycles. The average molecular weight is 1050 g/mol. The van der Waals surface area contributed by atoms with Gasteiger partial charge < -0.3 is 38.3 Å². The van der Waals surface area contributed by atoms with Crippen LogP contribution in [-0.2, 0) is 51.3 Å². The minimum Gasteiger partial charge on any atom is -0.408 e. The zero-order valence-electron chi connectivity index (χ0n) is 40.6. The normalized spacial score (nSPS) is 24.5. The molecule has 6 heterocycles. The lowest BCUT2D eigenvalue weighted by atomic mass is 10.1. The number of aromatic nitrogens is 7. The van der Waals surface area contributed by atoms with Crippen LogP contribution >= 0.6 is 16.1 Å². The van der Waals surface area contributed by atoms with Crippen LogP contribution in [0, 0.1) is 11.3 Å². The highest BCUT2D eigenvalue weighted by atomic mass is 31.2. The van der Waals surface area contributed by atoms with Crippen LogP contribution in [0.25, 0.3) is 22.2 Å². The summed E-state index contributed by atoms with van der Waals surface area (Å²) in [5.41, 5.74) is -1.22. The molecule has 1 aromatic carbocycles. The zero-order chi connectivity index (χ0) is 51.0. The van der Waals surface area contributed by atoms with Crippen molar-refractivity contribution in [3.05, 3.63) is 77.5 Å². The number of nitriles is 1. The van der Waals surface area contributed by atoms with Crippen LogP contribution in [0.15, 0.2) is 66.4 Å². The monoisotopic (exact) mass is 1040 g/mol. The summed E-state index contributed by atoms with van der Waals surface area (Å²) in [5, 5.41) is 22.5. The Balaban J connectivity index is 1.30. The Hall–Kier alpha value is -4.49. The van der Waals surface area contributed by atoms with Crippen molar-refractivity contribution in [2.24, 2.45) is 0 Å². The van der Waals surface area contributed by atoms with Gasteiger partial charge in [-0.25, -0.2) is 24.5 Å². The van der Waals surface area contributed by atoms with Crippen LogP contribution < -0.4 is 10.9 Å². The van der Waals surface area contributed by atoms with E-state index in [1.165, 1.54) is 34.3 Å². The maximum absolute atomic E-state index is 15.5. The van der Waals surface area contributed by atoms with Gasteiger partial charge in [0.1, 0.15) is 30.7 Å². The molecule has 0 radical (unpaired) electrons. The van der Waals surface area contributed by atoms with Crippen molar-refractivity contribution in [2.45, 2.75) is 127 Å². The fourth-order valence-electron chi connectivity index (χ4n) is 7.62. The number of phosphoric ester groups is 1. The van der Waals surface area contributed by atoms with Gasteiger partial charge in [0, 0.05) is 16.3 Å². The smallest absolute Gasteiger partial charge is 0.408 e. The third-order valence-corrected chi connectivity index (χ3v) is 24.2. The van der Waals surface area contributed by atoms with Gasteiger partial charge in [0.05, 0.1) is 57.1 Å². The first-order valence-corrected chi connectivity index (χ1v) is 30.9. The minimum atomic E-state index is -4.96. The predicted molar refractivity (Wildman–Crippen MR) is 258 cm³/mol. The van der Waals surface area contributed by atoms with Crippen molar-refractivity contribution in [3.63, 3.8) is 0 Å². The Labute approximate surface area is 407 Å². The summed E-state index contributed by atoms with van der Waals surface area (Å²) in [7, 11) is -14.0. The molecule has 2 aliphatic heterocycles. The molecule has 70 heavy (non-hydrogen) atoms. The maximum Gasteiger partial charge on any atom is 0.695 e. The number of carbonyl (C=O) groups is 1. The van der Waals surface area contributed by atoms with Crippen LogP contribution in [0.5, 0.6) is 0 Å². The fourth-order valence-corrected chi connectivity index (χ4v) is 12.3. The number of imidazole rings is 2. The lowest BCUT2D eigenvalue weighted by Crippen LogP contribution is -2.57. The number of amides is 1. The molecule has 23 nitrogen and oxygen atoms in total. The van der Waals surface area contributed by atoms with E-state index in [2.05, 4.69) is 30.2 Å². The van der Waals surface area contributed by atoms with E-state index >= 15 is 4.57 Å².